The van der Waals surface area contributed by atoms with Crippen LogP contribution in [0.3, 0.4) is 0 Å². The number of halogens is 1. The summed E-state index contributed by atoms with van der Waals surface area (Å²) in [6, 6.07) is 10.8. The topological polar surface area (TPSA) is 97.4 Å². The number of aryl methyl sites for hydroxylation is 1. The normalized spacial score (nSPS) is 15.2. The number of esters is 1. The van der Waals surface area contributed by atoms with Crippen LogP contribution in [0.4, 0.5) is 0 Å². The molecule has 0 radical (unpaired) electrons. The van der Waals surface area contributed by atoms with Crippen molar-refractivity contribution in [2.45, 2.75) is 25.3 Å². The van der Waals surface area contributed by atoms with E-state index in [1.165, 1.54) is 23.9 Å². The highest BCUT2D eigenvalue weighted by Gasteiger charge is 2.21. The molecule has 0 bridgehead atoms. The van der Waals surface area contributed by atoms with Crippen LogP contribution in [0.25, 0.3) is 0 Å². The van der Waals surface area contributed by atoms with E-state index >= 15 is 0 Å². The number of carbonyl (C=O) groups is 3. The number of amides is 2. The van der Waals surface area contributed by atoms with Gasteiger partial charge in [-0.25, -0.2) is 0 Å². The summed E-state index contributed by atoms with van der Waals surface area (Å²) in [4.78, 5) is 39.7. The Morgan fingerprint density at radius 3 is 2.86 bits per heavy atom. The summed E-state index contributed by atoms with van der Waals surface area (Å²) in [5.74, 6) is -1.64. The molecule has 2 N–H and O–H groups in total. The predicted octanol–water partition coefficient (Wildman–Crippen LogP) is 2.20. The van der Waals surface area contributed by atoms with Gasteiger partial charge < -0.3 is 15.4 Å². The summed E-state index contributed by atoms with van der Waals surface area (Å²) in [7, 11) is 0. The van der Waals surface area contributed by atoms with Crippen molar-refractivity contribution in [3.8, 4) is 0 Å². The Kier molecular flexibility index (Phi) is 6.60. The van der Waals surface area contributed by atoms with Gasteiger partial charge in [-0.05, 0) is 42.5 Å². The highest BCUT2D eigenvalue weighted by atomic mass is 35.5. The van der Waals surface area contributed by atoms with Crippen LogP contribution < -0.4 is 10.6 Å². The average molecular weight is 402 g/mol. The van der Waals surface area contributed by atoms with E-state index in [0.717, 1.165) is 24.8 Å². The van der Waals surface area contributed by atoms with Crippen LogP contribution in [0.15, 0.2) is 42.6 Å². The molecule has 7 nitrogen and oxygen atoms in total. The van der Waals surface area contributed by atoms with Gasteiger partial charge in [0, 0.05) is 11.2 Å². The number of rotatable bonds is 6. The monoisotopic (exact) mass is 401 g/mol. The van der Waals surface area contributed by atoms with Crippen LogP contribution in [0, 0.1) is 0 Å². The van der Waals surface area contributed by atoms with Crippen LogP contribution in [-0.4, -0.2) is 35.9 Å². The number of aromatic nitrogens is 1. The molecule has 146 valence electrons. The number of fused-ring (bicyclic) bond motifs is 1. The minimum Gasteiger partial charge on any atom is -0.454 e. The van der Waals surface area contributed by atoms with Crippen LogP contribution >= 0.6 is 11.6 Å². The Bertz CT molecular complexity index is 887. The zero-order valence-electron chi connectivity index (χ0n) is 15.1. The molecule has 0 unspecified atom stereocenters. The Morgan fingerprint density at radius 1 is 1.21 bits per heavy atom. The molecule has 3 rings (SSSR count). The van der Waals surface area contributed by atoms with E-state index < -0.39 is 18.5 Å². The molecule has 2 aromatic rings. The van der Waals surface area contributed by atoms with E-state index in [9.17, 15) is 14.4 Å². The zero-order valence-corrected chi connectivity index (χ0v) is 15.9. The molecule has 1 heterocycles. The summed E-state index contributed by atoms with van der Waals surface area (Å²) in [6.07, 6.45) is 4.23. The van der Waals surface area contributed by atoms with Gasteiger partial charge in [-0.1, -0.05) is 35.9 Å². The third-order valence-corrected chi connectivity index (χ3v) is 4.65. The number of carbonyl (C=O) groups excluding carboxylic acids is 3. The summed E-state index contributed by atoms with van der Waals surface area (Å²) in [5.41, 5.74) is 2.43. The van der Waals surface area contributed by atoms with Crippen molar-refractivity contribution in [3.05, 3.63) is 64.4 Å². The van der Waals surface area contributed by atoms with Gasteiger partial charge in [0.05, 0.1) is 6.04 Å². The molecule has 1 aliphatic rings. The Balaban J connectivity index is 1.42. The maximum absolute atomic E-state index is 12.1. The third kappa shape index (κ3) is 5.29. The molecule has 0 saturated carbocycles. The third-order valence-electron chi connectivity index (χ3n) is 4.42. The molecule has 8 heteroatoms. The van der Waals surface area contributed by atoms with E-state index in [1.54, 1.807) is 0 Å². The SMILES string of the molecule is O=C(COC(=O)CNC(=O)c1cc(Cl)ccn1)N[C@@H]1CCCc2ccccc21. The van der Waals surface area contributed by atoms with Crippen molar-refractivity contribution in [1.29, 1.82) is 0 Å². The van der Waals surface area contributed by atoms with Crippen LogP contribution in [-0.2, 0) is 20.7 Å². The van der Waals surface area contributed by atoms with Crippen LogP contribution in [0.2, 0.25) is 5.02 Å². The first-order valence-corrected chi connectivity index (χ1v) is 9.33. The van der Waals surface area contributed by atoms with Crippen molar-refractivity contribution in [2.75, 3.05) is 13.2 Å². The number of hydrogen-bond donors (Lipinski definition) is 2. The number of hydrogen-bond acceptors (Lipinski definition) is 5. The van der Waals surface area contributed by atoms with Gasteiger partial charge in [0.15, 0.2) is 6.61 Å². The lowest BCUT2D eigenvalue weighted by Gasteiger charge is -2.26. The lowest BCUT2D eigenvalue weighted by Crippen LogP contribution is -2.36. The second kappa shape index (κ2) is 9.32. The van der Waals surface area contributed by atoms with E-state index in [1.807, 2.05) is 18.2 Å². The van der Waals surface area contributed by atoms with Crippen molar-refractivity contribution in [3.63, 3.8) is 0 Å². The van der Waals surface area contributed by atoms with Gasteiger partial charge in [0.25, 0.3) is 11.8 Å². The maximum Gasteiger partial charge on any atom is 0.325 e. The van der Waals surface area contributed by atoms with Crippen LogP contribution in [0.5, 0.6) is 0 Å². The van der Waals surface area contributed by atoms with Crippen molar-refractivity contribution in [2.24, 2.45) is 0 Å². The summed E-state index contributed by atoms with van der Waals surface area (Å²) in [6.45, 7) is -0.768. The Labute approximate surface area is 167 Å². The molecule has 28 heavy (non-hydrogen) atoms. The first kappa shape index (κ1) is 19.8. The molecule has 1 atom stereocenters. The van der Waals surface area contributed by atoms with Gasteiger partial charge in [-0.2, -0.15) is 0 Å². The fourth-order valence-electron chi connectivity index (χ4n) is 3.11. The van der Waals surface area contributed by atoms with Gasteiger partial charge >= 0.3 is 5.97 Å². The van der Waals surface area contributed by atoms with E-state index in [4.69, 9.17) is 16.3 Å². The molecule has 0 fully saturated rings. The fourth-order valence-corrected chi connectivity index (χ4v) is 3.27. The van der Waals surface area contributed by atoms with Gasteiger partial charge in [-0.15, -0.1) is 0 Å². The molecule has 2 amide bonds. The fraction of sp³-hybridized carbons (Fsp3) is 0.300. The average Bonchev–Trinajstić information content (AvgIpc) is 2.71. The second-order valence-electron chi connectivity index (χ2n) is 6.41. The summed E-state index contributed by atoms with van der Waals surface area (Å²) >= 11 is 5.79. The van der Waals surface area contributed by atoms with Crippen molar-refractivity contribution >= 4 is 29.4 Å². The number of pyridine rings is 1. The molecule has 1 aromatic carbocycles. The molecule has 1 aromatic heterocycles. The van der Waals surface area contributed by atoms with E-state index in [-0.39, 0.29) is 24.2 Å². The minimum atomic E-state index is -0.713. The molecular weight excluding hydrogens is 382 g/mol. The quantitative estimate of drug-likeness (QED) is 0.723. The zero-order chi connectivity index (χ0) is 19.9. The minimum absolute atomic E-state index is 0.0789. The first-order valence-electron chi connectivity index (χ1n) is 8.95. The van der Waals surface area contributed by atoms with Gasteiger partial charge in [0.1, 0.15) is 12.2 Å². The summed E-state index contributed by atoms with van der Waals surface area (Å²) < 4.78 is 4.93. The van der Waals surface area contributed by atoms with Gasteiger partial charge in [0.2, 0.25) is 0 Å². The standard InChI is InChI=1S/C20H20ClN3O4/c21-14-8-9-22-17(10-14)20(27)23-11-19(26)28-12-18(25)24-16-7-3-5-13-4-1-2-6-15(13)16/h1-2,4,6,8-10,16H,3,5,7,11-12H2,(H,23,27)(H,24,25)/t16-/m1/s1. The first-order chi connectivity index (χ1) is 13.5. The van der Waals surface area contributed by atoms with E-state index in [2.05, 4.69) is 21.7 Å². The van der Waals surface area contributed by atoms with Crippen LogP contribution in [0.1, 0.15) is 40.5 Å². The lowest BCUT2D eigenvalue weighted by molar-refractivity contribution is -0.147. The molecule has 0 aliphatic heterocycles. The Morgan fingerprint density at radius 2 is 2.04 bits per heavy atom. The Hall–Kier alpha value is -2.93. The molecule has 1 aliphatic carbocycles. The highest BCUT2D eigenvalue weighted by Crippen LogP contribution is 2.29. The van der Waals surface area contributed by atoms with E-state index in [0.29, 0.717) is 5.02 Å². The van der Waals surface area contributed by atoms with Gasteiger partial charge in [-0.3, -0.25) is 19.4 Å². The summed E-state index contributed by atoms with van der Waals surface area (Å²) in [5, 5.41) is 5.64. The number of nitrogens with one attached hydrogen (secondary N) is 2. The van der Waals surface area contributed by atoms with Crippen molar-refractivity contribution in [1.82, 2.24) is 15.6 Å². The molecular formula is C20H20ClN3O4. The number of benzene rings is 1. The largest absolute Gasteiger partial charge is 0.454 e. The number of ether oxygens (including phenoxy) is 1. The van der Waals surface area contributed by atoms with Crippen molar-refractivity contribution < 1.29 is 19.1 Å². The predicted molar refractivity (Wildman–Crippen MR) is 103 cm³/mol. The maximum atomic E-state index is 12.1. The number of nitrogens with zero attached hydrogens (tertiary/aromatic N) is 1. The smallest absolute Gasteiger partial charge is 0.325 e. The molecule has 0 spiro atoms. The molecule has 0 saturated heterocycles. The lowest BCUT2D eigenvalue weighted by atomic mass is 9.88. The second-order valence-corrected chi connectivity index (χ2v) is 6.85. The highest BCUT2D eigenvalue weighted by molar-refractivity contribution is 6.30.